The maximum absolute atomic E-state index is 13.0. The Kier molecular flexibility index (Phi) is 7.20. The lowest BCUT2D eigenvalue weighted by molar-refractivity contribution is -0.274. The van der Waals surface area contributed by atoms with Gasteiger partial charge in [-0.1, -0.05) is 61.2 Å². The van der Waals surface area contributed by atoms with E-state index in [4.69, 9.17) is 0 Å². The van der Waals surface area contributed by atoms with E-state index in [0.29, 0.717) is 0 Å². The Hall–Kier alpha value is -2.91. The molecule has 1 N–H and O–H groups in total. The molecule has 4 nitrogen and oxygen atoms in total. The molecule has 0 saturated heterocycles. The van der Waals surface area contributed by atoms with Crippen LogP contribution < -0.4 is 10.1 Å². The average Bonchev–Trinajstić information content (AvgIpc) is 2.72. The number of amides is 1. The summed E-state index contributed by atoms with van der Waals surface area (Å²) in [5, 5.41) is 7.07. The van der Waals surface area contributed by atoms with Gasteiger partial charge in [0.1, 0.15) is 5.75 Å². The molecule has 3 rings (SSSR count). The van der Waals surface area contributed by atoms with Gasteiger partial charge in [-0.2, -0.15) is 13.2 Å². The van der Waals surface area contributed by atoms with E-state index in [0.717, 1.165) is 56.4 Å². The molecule has 2 aromatic rings. The highest BCUT2D eigenvalue weighted by Crippen LogP contribution is 2.37. The molecular weight excluding hydrogens is 438 g/mol. The van der Waals surface area contributed by atoms with Gasteiger partial charge in [-0.25, -0.2) is 0 Å². The summed E-state index contributed by atoms with van der Waals surface area (Å²) in [4.78, 5) is 13.0. The largest absolute Gasteiger partial charge is 0.670 e. The zero-order valence-corrected chi connectivity index (χ0v) is 16.8. The summed E-state index contributed by atoms with van der Waals surface area (Å²) in [6.45, 7) is 0. The first-order valence-corrected chi connectivity index (χ1v) is 10.1. The number of ether oxygens (including phenoxy) is 1. The highest BCUT2D eigenvalue weighted by atomic mass is 19.4. The normalized spacial score (nSPS) is 16.3. The molecule has 0 aromatic heterocycles. The molecule has 32 heavy (non-hydrogen) atoms. The summed E-state index contributed by atoms with van der Waals surface area (Å²) in [7, 11) is 0. The monoisotopic (exact) mass is 459 g/mol. The van der Waals surface area contributed by atoms with Gasteiger partial charge in [0.05, 0.1) is 5.56 Å². The molecule has 1 fully saturated rings. The van der Waals surface area contributed by atoms with Crippen molar-refractivity contribution in [2.24, 2.45) is 0 Å². The number of carbonyl (C=O) groups excluding carboxylic acids is 1. The number of halogens is 6. The summed E-state index contributed by atoms with van der Waals surface area (Å²) < 4.78 is 80.2. The van der Waals surface area contributed by atoms with Crippen molar-refractivity contribution in [3.05, 3.63) is 65.0 Å². The first kappa shape index (κ1) is 23.7. The third-order valence-electron chi connectivity index (χ3n) is 5.08. The fraction of sp³-hybridized carbons (Fsp3) is 0.409. The smallest absolute Gasteiger partial charge is 0.573 e. The molecule has 1 atom stereocenters. The maximum atomic E-state index is 13.0. The van der Waals surface area contributed by atoms with Crippen LogP contribution in [-0.2, 0) is 11.0 Å². The summed E-state index contributed by atoms with van der Waals surface area (Å²) in [6, 6.07) is 7.45. The summed E-state index contributed by atoms with van der Waals surface area (Å²) in [5.74, 6) is -1.01. The van der Waals surface area contributed by atoms with Gasteiger partial charge in [0.15, 0.2) is 0 Å². The summed E-state index contributed by atoms with van der Waals surface area (Å²) >= 11 is 0. The van der Waals surface area contributed by atoms with E-state index in [1.54, 1.807) is 0 Å². The van der Waals surface area contributed by atoms with Crippen molar-refractivity contribution in [3.8, 4) is 5.75 Å². The van der Waals surface area contributed by atoms with E-state index in [-0.39, 0.29) is 17.3 Å². The zero-order valence-electron chi connectivity index (χ0n) is 16.8. The second kappa shape index (κ2) is 9.70. The fourth-order valence-electron chi connectivity index (χ4n) is 3.57. The highest BCUT2D eigenvalue weighted by Gasteiger charge is 2.31. The number of nitrogens with one attached hydrogen (secondary N) is 1. The molecule has 2 aromatic carbocycles. The molecule has 1 aliphatic rings. The first-order valence-electron chi connectivity index (χ1n) is 10.1. The molecule has 174 valence electrons. The van der Waals surface area contributed by atoms with Crippen molar-refractivity contribution in [2.75, 3.05) is 0 Å². The van der Waals surface area contributed by atoms with Crippen LogP contribution in [0.5, 0.6) is 5.75 Å². The average molecular weight is 459 g/mol. The van der Waals surface area contributed by atoms with Crippen LogP contribution in [0.2, 0.25) is 0 Å². The minimum Gasteiger partial charge on any atom is -0.670 e. The Labute approximate surface area is 181 Å². The number of benzene rings is 2. The van der Waals surface area contributed by atoms with Crippen LogP contribution in [0.3, 0.4) is 0 Å². The van der Waals surface area contributed by atoms with Crippen molar-refractivity contribution in [1.82, 2.24) is 5.32 Å². The third kappa shape index (κ3) is 6.80. The molecule has 1 amide bonds. The number of alkyl halides is 6. The molecule has 1 saturated carbocycles. The number of hydrogen-bond acceptors (Lipinski definition) is 2. The van der Waals surface area contributed by atoms with Crippen LogP contribution in [0.1, 0.15) is 49.3 Å². The minimum atomic E-state index is -4.87. The minimum absolute atomic E-state index is 0.0702. The van der Waals surface area contributed by atoms with E-state index < -0.39 is 35.8 Å². The zero-order chi connectivity index (χ0) is 23.4. The van der Waals surface area contributed by atoms with Crippen molar-refractivity contribution in [3.63, 3.8) is 0 Å². The van der Waals surface area contributed by atoms with Gasteiger partial charge in [0.2, 0.25) is 5.91 Å². The molecule has 0 aliphatic heterocycles. The van der Waals surface area contributed by atoms with Gasteiger partial charge in [-0.3, -0.25) is 4.79 Å². The van der Waals surface area contributed by atoms with Crippen molar-refractivity contribution < 1.29 is 35.9 Å². The Morgan fingerprint density at radius 2 is 1.62 bits per heavy atom. The van der Waals surface area contributed by atoms with Gasteiger partial charge >= 0.3 is 12.5 Å². The lowest BCUT2D eigenvalue weighted by Crippen LogP contribution is -2.38. The predicted molar refractivity (Wildman–Crippen MR) is 105 cm³/mol. The molecule has 0 heterocycles. The second-order valence-electron chi connectivity index (χ2n) is 7.54. The summed E-state index contributed by atoms with van der Waals surface area (Å²) in [6.07, 6.45) is -4.94. The van der Waals surface area contributed by atoms with E-state index in [9.17, 15) is 31.1 Å². The Bertz CT molecular complexity index is 906. The molecule has 0 bridgehead atoms. The van der Waals surface area contributed by atoms with Gasteiger partial charge in [-0.15, -0.1) is 18.9 Å². The van der Waals surface area contributed by atoms with Gasteiger partial charge in [-0.05, 0) is 31.0 Å². The number of carbonyl (C=O) groups is 1. The van der Waals surface area contributed by atoms with E-state index in [2.05, 4.69) is 15.4 Å². The van der Waals surface area contributed by atoms with Crippen LogP contribution in [0.25, 0.3) is 5.32 Å². The standard InChI is InChI=1S/C22H21F6N2O2/c23-21(24,25)15-5-4-8-17(13-15)29-19(20(31)30-16-6-2-1-3-7-16)14-9-11-18(12-10-14)32-22(26,27)28/h4-5,8-13,16,19H,1-3,6-7H2,(H,30,31)/q-1. The molecule has 1 unspecified atom stereocenters. The summed E-state index contributed by atoms with van der Waals surface area (Å²) in [5.41, 5.74) is -0.761. The Morgan fingerprint density at radius 3 is 2.22 bits per heavy atom. The van der Waals surface area contributed by atoms with Gasteiger partial charge < -0.3 is 15.4 Å². The van der Waals surface area contributed by atoms with E-state index in [1.807, 2.05) is 0 Å². The molecular formula is C22H21F6N2O2-. The second-order valence-corrected chi connectivity index (χ2v) is 7.54. The lowest BCUT2D eigenvalue weighted by atomic mass is 9.95. The van der Waals surface area contributed by atoms with Crippen molar-refractivity contribution in [2.45, 2.75) is 56.7 Å². The SMILES string of the molecule is O=C(NC1CCCCC1)C([N-]c1cccc(C(F)(F)F)c1)c1ccc(OC(F)(F)F)cc1. The van der Waals surface area contributed by atoms with Crippen LogP contribution in [0.15, 0.2) is 48.5 Å². The number of hydrogen-bond donors (Lipinski definition) is 1. The van der Waals surface area contributed by atoms with Crippen LogP contribution >= 0.6 is 0 Å². The van der Waals surface area contributed by atoms with E-state index in [1.165, 1.54) is 24.3 Å². The van der Waals surface area contributed by atoms with Crippen LogP contribution in [0, 0.1) is 0 Å². The molecule has 0 radical (unpaired) electrons. The maximum Gasteiger partial charge on any atom is 0.573 e. The Balaban J connectivity index is 1.85. The van der Waals surface area contributed by atoms with Gasteiger partial charge in [0, 0.05) is 6.04 Å². The van der Waals surface area contributed by atoms with Crippen molar-refractivity contribution >= 4 is 11.6 Å². The fourth-order valence-corrected chi connectivity index (χ4v) is 3.57. The number of nitrogens with zero attached hydrogens (tertiary/aromatic N) is 1. The van der Waals surface area contributed by atoms with E-state index >= 15 is 0 Å². The quantitative estimate of drug-likeness (QED) is 0.483. The molecule has 10 heteroatoms. The van der Waals surface area contributed by atoms with Crippen LogP contribution in [0.4, 0.5) is 32.0 Å². The Morgan fingerprint density at radius 1 is 0.969 bits per heavy atom. The predicted octanol–water partition coefficient (Wildman–Crippen LogP) is 6.80. The highest BCUT2D eigenvalue weighted by molar-refractivity contribution is 5.88. The van der Waals surface area contributed by atoms with Gasteiger partial charge in [0.25, 0.3) is 0 Å². The first-order chi connectivity index (χ1) is 15.0. The molecule has 1 aliphatic carbocycles. The topological polar surface area (TPSA) is 52.4 Å². The van der Waals surface area contributed by atoms with Crippen LogP contribution in [-0.4, -0.2) is 18.3 Å². The number of rotatable bonds is 6. The third-order valence-corrected chi connectivity index (χ3v) is 5.08. The molecule has 0 spiro atoms. The van der Waals surface area contributed by atoms with Crippen molar-refractivity contribution in [1.29, 1.82) is 0 Å². The lowest BCUT2D eigenvalue weighted by Gasteiger charge is -2.35.